The lowest BCUT2D eigenvalue weighted by molar-refractivity contribution is -0.125. The van der Waals surface area contributed by atoms with E-state index in [-0.39, 0.29) is 30.6 Å². The van der Waals surface area contributed by atoms with Crippen LogP contribution in [0.3, 0.4) is 0 Å². The van der Waals surface area contributed by atoms with E-state index in [2.05, 4.69) is 5.32 Å². The highest BCUT2D eigenvalue weighted by Gasteiger charge is 2.33. The topological polar surface area (TPSA) is 92.5 Å². The fourth-order valence-electron chi connectivity index (χ4n) is 2.42. The van der Waals surface area contributed by atoms with E-state index in [1.54, 1.807) is 7.05 Å². The van der Waals surface area contributed by atoms with Crippen LogP contribution in [0.4, 0.5) is 10.1 Å². The molecule has 0 atom stereocenters. The third-order valence-corrected chi connectivity index (χ3v) is 5.56. The number of sulfonamides is 1. The monoisotopic (exact) mass is 315 g/mol. The van der Waals surface area contributed by atoms with Gasteiger partial charge in [-0.15, -0.1) is 0 Å². The maximum absolute atomic E-state index is 13.8. The van der Waals surface area contributed by atoms with Gasteiger partial charge >= 0.3 is 0 Å². The van der Waals surface area contributed by atoms with Gasteiger partial charge in [0.05, 0.1) is 0 Å². The second kappa shape index (κ2) is 5.98. The number of anilines is 1. The molecule has 8 heteroatoms. The highest BCUT2D eigenvalue weighted by molar-refractivity contribution is 7.89. The van der Waals surface area contributed by atoms with Crippen molar-refractivity contribution in [2.45, 2.75) is 17.7 Å². The largest absolute Gasteiger partial charge is 0.399 e. The number of carbonyl (C=O) groups is 1. The molecule has 0 unspecified atom stereocenters. The number of hydrogen-bond acceptors (Lipinski definition) is 4. The number of rotatable bonds is 3. The Balaban J connectivity index is 2.19. The molecule has 3 N–H and O–H groups in total. The van der Waals surface area contributed by atoms with E-state index in [0.717, 1.165) is 12.1 Å². The van der Waals surface area contributed by atoms with Crippen molar-refractivity contribution in [1.29, 1.82) is 0 Å². The highest BCUT2D eigenvalue weighted by atomic mass is 32.2. The van der Waals surface area contributed by atoms with Crippen LogP contribution in [0.15, 0.2) is 23.1 Å². The van der Waals surface area contributed by atoms with E-state index < -0.39 is 20.7 Å². The number of halogens is 1. The summed E-state index contributed by atoms with van der Waals surface area (Å²) in [5.41, 5.74) is 5.72. The molecule has 1 fully saturated rings. The van der Waals surface area contributed by atoms with Gasteiger partial charge in [0, 0.05) is 31.7 Å². The SMILES string of the molecule is CNC(=O)C1CCN(S(=O)(=O)c2cc(N)ccc2F)CC1. The molecule has 0 aromatic heterocycles. The van der Waals surface area contributed by atoms with Gasteiger partial charge in [-0.25, -0.2) is 12.8 Å². The zero-order valence-corrected chi connectivity index (χ0v) is 12.5. The van der Waals surface area contributed by atoms with Crippen molar-refractivity contribution < 1.29 is 17.6 Å². The Labute approximate surface area is 123 Å². The second-order valence-electron chi connectivity index (χ2n) is 4.98. The Morgan fingerprint density at radius 3 is 2.57 bits per heavy atom. The number of amides is 1. The molecular weight excluding hydrogens is 297 g/mol. The molecule has 1 aliphatic rings. The lowest BCUT2D eigenvalue weighted by atomic mass is 9.97. The maximum atomic E-state index is 13.8. The predicted octanol–water partition coefficient (Wildman–Crippen LogP) is 0.555. The van der Waals surface area contributed by atoms with Gasteiger partial charge < -0.3 is 11.1 Å². The molecule has 2 rings (SSSR count). The molecule has 0 spiro atoms. The van der Waals surface area contributed by atoms with Gasteiger partial charge in [-0.3, -0.25) is 4.79 Å². The summed E-state index contributed by atoms with van der Waals surface area (Å²) in [6.07, 6.45) is 0.839. The molecule has 0 aliphatic carbocycles. The van der Waals surface area contributed by atoms with E-state index >= 15 is 0 Å². The molecule has 21 heavy (non-hydrogen) atoms. The Morgan fingerprint density at radius 2 is 2.00 bits per heavy atom. The number of piperidine rings is 1. The number of carbonyl (C=O) groups excluding carboxylic acids is 1. The van der Waals surface area contributed by atoms with Crippen LogP contribution in [-0.4, -0.2) is 38.8 Å². The summed E-state index contributed by atoms with van der Waals surface area (Å²) in [7, 11) is -2.38. The Morgan fingerprint density at radius 1 is 1.38 bits per heavy atom. The van der Waals surface area contributed by atoms with Gasteiger partial charge in [0.1, 0.15) is 10.7 Å². The van der Waals surface area contributed by atoms with E-state index in [4.69, 9.17) is 5.73 Å². The summed E-state index contributed by atoms with van der Waals surface area (Å²) in [6.45, 7) is 0.378. The molecule has 1 saturated heterocycles. The minimum absolute atomic E-state index is 0.0952. The lowest BCUT2D eigenvalue weighted by Crippen LogP contribution is -2.42. The molecule has 1 aromatic carbocycles. The van der Waals surface area contributed by atoms with Gasteiger partial charge in [0.25, 0.3) is 0 Å². The first kappa shape index (κ1) is 15.7. The van der Waals surface area contributed by atoms with E-state index in [9.17, 15) is 17.6 Å². The summed E-state index contributed by atoms with van der Waals surface area (Å²) in [5.74, 6) is -1.12. The van der Waals surface area contributed by atoms with Crippen LogP contribution in [0, 0.1) is 11.7 Å². The number of benzene rings is 1. The fraction of sp³-hybridized carbons (Fsp3) is 0.462. The van der Waals surface area contributed by atoms with Crippen LogP contribution in [0.25, 0.3) is 0 Å². The lowest BCUT2D eigenvalue weighted by Gasteiger charge is -2.30. The summed E-state index contributed by atoms with van der Waals surface area (Å²) in [4.78, 5) is 11.1. The fourth-order valence-corrected chi connectivity index (χ4v) is 3.99. The van der Waals surface area contributed by atoms with Crippen LogP contribution >= 0.6 is 0 Å². The Bertz CT molecular complexity index is 640. The summed E-state index contributed by atoms with van der Waals surface area (Å²) in [6, 6.07) is 3.47. The van der Waals surface area contributed by atoms with Crippen LogP contribution < -0.4 is 11.1 Å². The first-order valence-electron chi connectivity index (χ1n) is 6.63. The smallest absolute Gasteiger partial charge is 0.246 e. The van der Waals surface area contributed by atoms with Gasteiger partial charge in [0.2, 0.25) is 15.9 Å². The number of nitrogens with zero attached hydrogens (tertiary/aromatic N) is 1. The van der Waals surface area contributed by atoms with E-state index in [0.29, 0.717) is 12.8 Å². The van der Waals surface area contributed by atoms with Crippen molar-refractivity contribution in [1.82, 2.24) is 9.62 Å². The maximum Gasteiger partial charge on any atom is 0.246 e. The van der Waals surface area contributed by atoms with Crippen LogP contribution in [0.1, 0.15) is 12.8 Å². The highest BCUT2D eigenvalue weighted by Crippen LogP contribution is 2.26. The summed E-state index contributed by atoms with van der Waals surface area (Å²) in [5, 5.41) is 2.55. The zero-order chi connectivity index (χ0) is 15.6. The van der Waals surface area contributed by atoms with Crippen LogP contribution in [0.2, 0.25) is 0 Å². The number of nitrogen functional groups attached to an aromatic ring is 1. The summed E-state index contributed by atoms with van der Waals surface area (Å²) < 4.78 is 39.8. The van der Waals surface area contributed by atoms with Crippen LogP contribution in [-0.2, 0) is 14.8 Å². The average Bonchev–Trinajstić information content (AvgIpc) is 2.49. The zero-order valence-electron chi connectivity index (χ0n) is 11.7. The van der Waals surface area contributed by atoms with Gasteiger partial charge in [0.15, 0.2) is 0 Å². The molecule has 1 amide bonds. The van der Waals surface area contributed by atoms with Crippen molar-refractivity contribution in [2.24, 2.45) is 5.92 Å². The van der Waals surface area contributed by atoms with Gasteiger partial charge in [-0.2, -0.15) is 4.31 Å². The molecule has 6 nitrogen and oxygen atoms in total. The van der Waals surface area contributed by atoms with Crippen molar-refractivity contribution in [3.63, 3.8) is 0 Å². The van der Waals surface area contributed by atoms with Crippen molar-refractivity contribution in [3.8, 4) is 0 Å². The molecule has 0 radical (unpaired) electrons. The molecule has 116 valence electrons. The number of hydrogen-bond donors (Lipinski definition) is 2. The molecule has 1 aromatic rings. The summed E-state index contributed by atoms with van der Waals surface area (Å²) >= 11 is 0. The molecule has 1 heterocycles. The Kier molecular flexibility index (Phi) is 4.48. The first-order chi connectivity index (χ1) is 9.86. The van der Waals surface area contributed by atoms with Gasteiger partial charge in [-0.05, 0) is 31.0 Å². The molecular formula is C13H18FN3O3S. The molecule has 0 saturated carbocycles. The third kappa shape index (κ3) is 3.16. The number of nitrogens with two attached hydrogens (primary N) is 1. The van der Waals surface area contributed by atoms with Crippen molar-refractivity contribution >= 4 is 21.6 Å². The van der Waals surface area contributed by atoms with Gasteiger partial charge in [-0.1, -0.05) is 0 Å². The molecule has 1 aliphatic heterocycles. The average molecular weight is 315 g/mol. The molecule has 0 bridgehead atoms. The van der Waals surface area contributed by atoms with E-state index in [1.807, 2.05) is 0 Å². The quantitative estimate of drug-likeness (QED) is 0.797. The third-order valence-electron chi connectivity index (χ3n) is 3.64. The first-order valence-corrected chi connectivity index (χ1v) is 8.07. The van der Waals surface area contributed by atoms with Crippen molar-refractivity contribution in [3.05, 3.63) is 24.0 Å². The number of nitrogens with one attached hydrogen (secondary N) is 1. The second-order valence-corrected chi connectivity index (χ2v) is 6.89. The normalized spacial score (nSPS) is 17.6. The Hall–Kier alpha value is -1.67. The minimum atomic E-state index is -3.92. The van der Waals surface area contributed by atoms with Crippen LogP contribution in [0.5, 0.6) is 0 Å². The standard InChI is InChI=1S/C13H18FN3O3S/c1-16-13(18)9-4-6-17(7-5-9)21(19,20)12-8-10(15)2-3-11(12)14/h2-3,8-9H,4-7,15H2,1H3,(H,16,18). The van der Waals surface area contributed by atoms with E-state index in [1.165, 1.54) is 10.4 Å². The predicted molar refractivity (Wildman–Crippen MR) is 76.4 cm³/mol. The minimum Gasteiger partial charge on any atom is -0.399 e. The van der Waals surface area contributed by atoms with Crippen molar-refractivity contribution in [2.75, 3.05) is 25.9 Å².